The third kappa shape index (κ3) is 2.95. The van der Waals surface area contributed by atoms with Crippen LogP contribution < -0.4 is 15.4 Å². The van der Waals surface area contributed by atoms with E-state index in [0.29, 0.717) is 5.92 Å². The van der Waals surface area contributed by atoms with E-state index in [1.165, 1.54) is 24.1 Å². The van der Waals surface area contributed by atoms with Gasteiger partial charge in [0, 0.05) is 49.4 Å². The average molecular weight is 352 g/mol. The lowest BCUT2D eigenvalue weighted by Gasteiger charge is -2.37. The van der Waals surface area contributed by atoms with Crippen molar-refractivity contribution in [2.75, 3.05) is 36.0 Å². The first-order valence-electron chi connectivity index (χ1n) is 9.72. The summed E-state index contributed by atoms with van der Waals surface area (Å²) >= 11 is 0. The molecule has 26 heavy (non-hydrogen) atoms. The van der Waals surface area contributed by atoms with Gasteiger partial charge in [0.05, 0.1) is 5.69 Å². The van der Waals surface area contributed by atoms with Crippen molar-refractivity contribution >= 4 is 11.8 Å². The first-order chi connectivity index (χ1) is 12.8. The summed E-state index contributed by atoms with van der Waals surface area (Å²) in [6, 6.07) is 1.66. The predicted octanol–water partition coefficient (Wildman–Crippen LogP) is 1.64. The van der Waals surface area contributed by atoms with E-state index < -0.39 is 0 Å². The molecule has 3 aliphatic rings. The maximum Gasteiger partial charge on any atom is 0.252 e. The highest BCUT2D eigenvalue weighted by molar-refractivity contribution is 5.51. The third-order valence-electron chi connectivity index (χ3n) is 5.73. The molecule has 1 aliphatic heterocycles. The van der Waals surface area contributed by atoms with Crippen molar-refractivity contribution in [2.24, 2.45) is 0 Å². The fraction of sp³-hybridized carbons (Fsp3) is 0.579. The molecule has 0 radical (unpaired) electrons. The zero-order chi connectivity index (χ0) is 17.5. The summed E-state index contributed by atoms with van der Waals surface area (Å²) in [5, 5.41) is 0. The van der Waals surface area contributed by atoms with Crippen molar-refractivity contribution in [3.63, 3.8) is 0 Å². The van der Waals surface area contributed by atoms with Gasteiger partial charge in [0.1, 0.15) is 12.1 Å². The van der Waals surface area contributed by atoms with Gasteiger partial charge < -0.3 is 9.80 Å². The lowest BCUT2D eigenvalue weighted by atomic mass is 9.96. The van der Waals surface area contributed by atoms with E-state index in [2.05, 4.69) is 24.8 Å². The van der Waals surface area contributed by atoms with E-state index in [4.69, 9.17) is 4.98 Å². The van der Waals surface area contributed by atoms with Crippen LogP contribution in [0.4, 0.5) is 11.8 Å². The SMILES string of the molecule is O=c1cc(C2CC2)nc(N2CCN(c3ncnc4c3CCCC4)CC2)[nH]1. The van der Waals surface area contributed by atoms with E-state index >= 15 is 0 Å². The summed E-state index contributed by atoms with van der Waals surface area (Å²) in [4.78, 5) is 33.3. The van der Waals surface area contributed by atoms with Gasteiger partial charge in [-0.3, -0.25) is 9.78 Å². The normalized spacial score (nSPS) is 20.2. The molecule has 2 aromatic rings. The van der Waals surface area contributed by atoms with Crippen LogP contribution in [0.3, 0.4) is 0 Å². The van der Waals surface area contributed by atoms with Gasteiger partial charge in [0.2, 0.25) is 5.95 Å². The Bertz CT molecular complexity index is 867. The summed E-state index contributed by atoms with van der Waals surface area (Å²) < 4.78 is 0. The number of aromatic amines is 1. The lowest BCUT2D eigenvalue weighted by Crippen LogP contribution is -2.48. The quantitative estimate of drug-likeness (QED) is 0.905. The van der Waals surface area contributed by atoms with Crippen LogP contribution in [0.15, 0.2) is 17.2 Å². The number of aryl methyl sites for hydroxylation is 1. The molecular formula is C19H24N6O. The van der Waals surface area contributed by atoms with Crippen LogP contribution in [-0.2, 0) is 12.8 Å². The Hall–Kier alpha value is -2.44. The van der Waals surface area contributed by atoms with E-state index in [1.807, 2.05) is 0 Å². The highest BCUT2D eigenvalue weighted by Gasteiger charge is 2.28. The number of H-pyrrole nitrogens is 1. The van der Waals surface area contributed by atoms with Crippen LogP contribution in [0, 0.1) is 0 Å². The van der Waals surface area contributed by atoms with E-state index in [0.717, 1.165) is 69.3 Å². The van der Waals surface area contributed by atoms with Crippen molar-refractivity contribution in [3.05, 3.63) is 39.7 Å². The van der Waals surface area contributed by atoms with Crippen molar-refractivity contribution < 1.29 is 0 Å². The topological polar surface area (TPSA) is 78.0 Å². The minimum absolute atomic E-state index is 0.0378. The summed E-state index contributed by atoms with van der Waals surface area (Å²) in [7, 11) is 0. The minimum atomic E-state index is -0.0378. The Morgan fingerprint density at radius 2 is 1.77 bits per heavy atom. The smallest absolute Gasteiger partial charge is 0.252 e. The second kappa shape index (κ2) is 6.37. The molecule has 0 bridgehead atoms. The second-order valence-corrected chi connectivity index (χ2v) is 7.57. The molecule has 5 rings (SSSR count). The molecule has 7 heteroatoms. The van der Waals surface area contributed by atoms with Gasteiger partial charge in [-0.05, 0) is 38.5 Å². The molecule has 2 aliphatic carbocycles. The first kappa shape index (κ1) is 15.8. The molecular weight excluding hydrogens is 328 g/mol. The van der Waals surface area contributed by atoms with Gasteiger partial charge >= 0.3 is 0 Å². The summed E-state index contributed by atoms with van der Waals surface area (Å²) in [6.45, 7) is 3.47. The Kier molecular flexibility index (Phi) is 3.87. The van der Waals surface area contributed by atoms with Crippen LogP contribution >= 0.6 is 0 Å². The zero-order valence-corrected chi connectivity index (χ0v) is 14.9. The average Bonchev–Trinajstić information content (AvgIpc) is 3.53. The number of hydrogen-bond acceptors (Lipinski definition) is 6. The van der Waals surface area contributed by atoms with Crippen molar-refractivity contribution in [3.8, 4) is 0 Å². The lowest BCUT2D eigenvalue weighted by molar-refractivity contribution is 0.614. The molecule has 136 valence electrons. The Morgan fingerprint density at radius 3 is 2.58 bits per heavy atom. The molecule has 1 saturated heterocycles. The van der Waals surface area contributed by atoms with Crippen LogP contribution in [0.25, 0.3) is 0 Å². The van der Waals surface area contributed by atoms with E-state index in [9.17, 15) is 4.79 Å². The molecule has 1 saturated carbocycles. The molecule has 0 unspecified atom stereocenters. The number of nitrogens with one attached hydrogen (secondary N) is 1. The minimum Gasteiger partial charge on any atom is -0.353 e. The summed E-state index contributed by atoms with van der Waals surface area (Å²) in [5.74, 6) is 2.33. The standard InChI is InChI=1S/C19H24N6O/c26-17-11-16(13-5-6-13)22-19(23-17)25-9-7-24(8-10-25)18-14-3-1-2-4-15(14)20-12-21-18/h11-13H,1-10H2,(H,22,23,26). The number of fused-ring (bicyclic) bond motifs is 1. The van der Waals surface area contributed by atoms with Gasteiger partial charge in [0.15, 0.2) is 0 Å². The highest BCUT2D eigenvalue weighted by Crippen LogP contribution is 2.38. The third-order valence-corrected chi connectivity index (χ3v) is 5.73. The van der Waals surface area contributed by atoms with Gasteiger partial charge in [-0.25, -0.2) is 15.0 Å². The van der Waals surface area contributed by atoms with Gasteiger partial charge in [-0.1, -0.05) is 0 Å². The molecule has 0 atom stereocenters. The Morgan fingerprint density at radius 1 is 1.00 bits per heavy atom. The molecule has 1 N–H and O–H groups in total. The van der Waals surface area contributed by atoms with Crippen molar-refractivity contribution in [1.82, 2.24) is 19.9 Å². The van der Waals surface area contributed by atoms with Crippen LogP contribution in [-0.4, -0.2) is 46.1 Å². The molecule has 0 aromatic carbocycles. The predicted molar refractivity (Wildman–Crippen MR) is 99.9 cm³/mol. The molecule has 0 spiro atoms. The monoisotopic (exact) mass is 352 g/mol. The van der Waals surface area contributed by atoms with Crippen molar-refractivity contribution in [1.29, 1.82) is 0 Å². The number of aromatic nitrogens is 4. The zero-order valence-electron chi connectivity index (χ0n) is 14.9. The maximum atomic E-state index is 12.0. The van der Waals surface area contributed by atoms with Crippen LogP contribution in [0.1, 0.15) is 48.6 Å². The Balaban J connectivity index is 1.33. The van der Waals surface area contributed by atoms with Gasteiger partial charge in [-0.15, -0.1) is 0 Å². The van der Waals surface area contributed by atoms with Crippen LogP contribution in [0.2, 0.25) is 0 Å². The van der Waals surface area contributed by atoms with E-state index in [1.54, 1.807) is 12.4 Å². The van der Waals surface area contributed by atoms with Gasteiger partial charge in [-0.2, -0.15) is 0 Å². The Labute approximate surface area is 152 Å². The molecule has 3 heterocycles. The molecule has 2 fully saturated rings. The van der Waals surface area contributed by atoms with E-state index in [-0.39, 0.29) is 5.56 Å². The summed E-state index contributed by atoms with van der Waals surface area (Å²) in [5.41, 5.74) is 3.49. The van der Waals surface area contributed by atoms with Crippen molar-refractivity contribution in [2.45, 2.75) is 44.4 Å². The summed E-state index contributed by atoms with van der Waals surface area (Å²) in [6.07, 6.45) is 8.64. The van der Waals surface area contributed by atoms with Crippen LogP contribution in [0.5, 0.6) is 0 Å². The number of anilines is 2. The van der Waals surface area contributed by atoms with Gasteiger partial charge in [0.25, 0.3) is 5.56 Å². The number of hydrogen-bond donors (Lipinski definition) is 1. The highest BCUT2D eigenvalue weighted by atomic mass is 16.1. The first-order valence-corrected chi connectivity index (χ1v) is 9.72. The molecule has 2 aromatic heterocycles. The molecule has 7 nitrogen and oxygen atoms in total. The number of nitrogens with zero attached hydrogens (tertiary/aromatic N) is 5. The number of piperazine rings is 1. The molecule has 0 amide bonds. The maximum absolute atomic E-state index is 12.0. The fourth-order valence-electron chi connectivity index (χ4n) is 4.11. The number of rotatable bonds is 3. The second-order valence-electron chi connectivity index (χ2n) is 7.57. The fourth-order valence-corrected chi connectivity index (χ4v) is 4.11. The largest absolute Gasteiger partial charge is 0.353 e.